The molecule has 1 N–H and O–H groups in total. The van der Waals surface area contributed by atoms with Crippen LogP contribution in [0.15, 0.2) is 52.3 Å². The topological polar surface area (TPSA) is 95.3 Å². The van der Waals surface area contributed by atoms with Crippen LogP contribution >= 0.6 is 23.2 Å². The molecule has 1 saturated heterocycles. The van der Waals surface area contributed by atoms with Gasteiger partial charge in [0.15, 0.2) is 5.76 Å². The van der Waals surface area contributed by atoms with Crippen LogP contribution in [0, 0.1) is 0 Å². The Bertz CT molecular complexity index is 1160. The second-order valence-electron chi connectivity index (χ2n) is 8.42. The Morgan fingerprint density at radius 2 is 1.89 bits per heavy atom. The molecule has 11 heteroatoms. The van der Waals surface area contributed by atoms with Crippen molar-refractivity contribution in [3.05, 3.63) is 69.2 Å². The Labute approximate surface area is 219 Å². The van der Waals surface area contributed by atoms with Crippen molar-refractivity contribution >= 4 is 41.1 Å². The molecule has 3 amide bonds. The zero-order valence-electron chi connectivity index (χ0n) is 20.1. The second kappa shape index (κ2) is 11.4. The number of hydrogen-bond donors (Lipinski definition) is 1. The summed E-state index contributed by atoms with van der Waals surface area (Å²) >= 11 is 12.6. The summed E-state index contributed by atoms with van der Waals surface area (Å²) in [6, 6.07) is 7.15. The molecule has 4 rings (SSSR count). The monoisotopic (exact) mass is 534 g/mol. The smallest absolute Gasteiger partial charge is 0.338 e. The normalized spacial score (nSPS) is 18.9. The number of esters is 1. The van der Waals surface area contributed by atoms with Crippen LogP contribution in [-0.4, -0.2) is 78.5 Å². The first-order valence-corrected chi connectivity index (χ1v) is 12.6. The molecule has 0 radical (unpaired) electrons. The highest BCUT2D eigenvalue weighted by Crippen LogP contribution is 2.36. The number of piperazine rings is 1. The Hall–Kier alpha value is -3.01. The third-order valence-electron chi connectivity index (χ3n) is 6.29. The van der Waals surface area contributed by atoms with E-state index in [0.29, 0.717) is 71.9 Å². The summed E-state index contributed by atoms with van der Waals surface area (Å²) in [5.41, 5.74) is 1.44. The number of halogens is 2. The van der Waals surface area contributed by atoms with Gasteiger partial charge in [0.1, 0.15) is 0 Å². The van der Waals surface area contributed by atoms with Crippen molar-refractivity contribution < 1.29 is 23.5 Å². The van der Waals surface area contributed by atoms with Crippen molar-refractivity contribution in [3.63, 3.8) is 0 Å². The van der Waals surface area contributed by atoms with Crippen LogP contribution in [0.4, 0.5) is 4.79 Å². The zero-order valence-corrected chi connectivity index (χ0v) is 21.6. The molecular formula is C25H28Cl2N4O5. The second-order valence-corrected chi connectivity index (χ2v) is 9.26. The SMILES string of the molecule is CCOC(=O)C1=C(CN2CCN(C(=O)c3ccco3)CC2)N(CC)C(=O)NC1c1ccc(Cl)cc1Cl. The van der Waals surface area contributed by atoms with Gasteiger partial charge in [0.05, 0.1) is 24.5 Å². The highest BCUT2D eigenvalue weighted by atomic mass is 35.5. The van der Waals surface area contributed by atoms with Crippen molar-refractivity contribution in [2.45, 2.75) is 19.9 Å². The highest BCUT2D eigenvalue weighted by Gasteiger charge is 2.39. The maximum absolute atomic E-state index is 13.2. The minimum absolute atomic E-state index is 0.157. The lowest BCUT2D eigenvalue weighted by atomic mass is 9.94. The number of furan rings is 1. The lowest BCUT2D eigenvalue weighted by Gasteiger charge is -2.40. The lowest BCUT2D eigenvalue weighted by molar-refractivity contribution is -0.139. The average molecular weight is 535 g/mol. The van der Waals surface area contributed by atoms with Gasteiger partial charge >= 0.3 is 12.0 Å². The van der Waals surface area contributed by atoms with Crippen LogP contribution < -0.4 is 5.32 Å². The molecule has 3 heterocycles. The molecule has 192 valence electrons. The number of ether oxygens (including phenoxy) is 1. The number of rotatable bonds is 7. The summed E-state index contributed by atoms with van der Waals surface area (Å²) < 4.78 is 10.6. The van der Waals surface area contributed by atoms with Gasteiger partial charge in [-0.25, -0.2) is 9.59 Å². The minimum Gasteiger partial charge on any atom is -0.463 e. The number of carbonyl (C=O) groups excluding carboxylic acids is 3. The Morgan fingerprint density at radius 1 is 1.14 bits per heavy atom. The number of likely N-dealkylation sites (N-methyl/N-ethyl adjacent to an activating group) is 1. The Balaban J connectivity index is 1.64. The Morgan fingerprint density at radius 3 is 2.50 bits per heavy atom. The molecule has 36 heavy (non-hydrogen) atoms. The summed E-state index contributed by atoms with van der Waals surface area (Å²) in [6.45, 7) is 6.58. The van der Waals surface area contributed by atoms with E-state index in [0.717, 1.165) is 0 Å². The van der Waals surface area contributed by atoms with E-state index in [-0.39, 0.29) is 18.5 Å². The summed E-state index contributed by atoms with van der Waals surface area (Å²) in [5.74, 6) is -0.371. The van der Waals surface area contributed by atoms with Crippen LogP contribution in [-0.2, 0) is 9.53 Å². The molecular weight excluding hydrogens is 507 g/mol. The molecule has 2 aliphatic heterocycles. The fourth-order valence-electron chi connectivity index (χ4n) is 4.50. The van der Waals surface area contributed by atoms with Gasteiger partial charge in [-0.05, 0) is 43.7 Å². The standard InChI is InChI=1S/C25H28Cl2N4O5/c1-3-31-19(15-29-9-11-30(12-10-29)23(32)20-6-5-13-36-20)21(24(33)35-4-2)22(28-25(31)34)17-8-7-16(26)14-18(17)27/h5-8,13-14,22H,3-4,9-12,15H2,1-2H3,(H,28,34). The van der Waals surface area contributed by atoms with Crippen molar-refractivity contribution in [1.82, 2.24) is 20.0 Å². The van der Waals surface area contributed by atoms with Crippen molar-refractivity contribution in [3.8, 4) is 0 Å². The van der Waals surface area contributed by atoms with Gasteiger partial charge in [0.25, 0.3) is 5.91 Å². The summed E-state index contributed by atoms with van der Waals surface area (Å²) in [5, 5.41) is 3.69. The van der Waals surface area contributed by atoms with E-state index < -0.39 is 12.0 Å². The fraction of sp³-hybridized carbons (Fsp3) is 0.400. The van der Waals surface area contributed by atoms with Crippen LogP contribution in [0.1, 0.15) is 36.0 Å². The van der Waals surface area contributed by atoms with Gasteiger partial charge in [-0.1, -0.05) is 29.3 Å². The predicted molar refractivity (Wildman–Crippen MR) is 135 cm³/mol. The first-order valence-electron chi connectivity index (χ1n) is 11.8. The van der Waals surface area contributed by atoms with Crippen molar-refractivity contribution in [2.75, 3.05) is 45.9 Å². The number of urea groups is 1. The lowest BCUT2D eigenvalue weighted by Crippen LogP contribution is -2.53. The first kappa shape index (κ1) is 26.1. The molecule has 0 spiro atoms. The summed E-state index contributed by atoms with van der Waals surface area (Å²) in [4.78, 5) is 44.4. The van der Waals surface area contributed by atoms with E-state index in [9.17, 15) is 14.4 Å². The molecule has 1 unspecified atom stereocenters. The van der Waals surface area contributed by atoms with Crippen molar-refractivity contribution in [1.29, 1.82) is 0 Å². The van der Waals surface area contributed by atoms with Crippen LogP contribution in [0.5, 0.6) is 0 Å². The van der Waals surface area contributed by atoms with Gasteiger partial charge < -0.3 is 19.4 Å². The molecule has 0 aliphatic carbocycles. The molecule has 1 aromatic carbocycles. The number of carbonyl (C=O) groups is 3. The molecule has 0 saturated carbocycles. The molecule has 2 aromatic rings. The maximum atomic E-state index is 13.2. The van der Waals surface area contributed by atoms with E-state index in [1.54, 1.807) is 47.1 Å². The first-order chi connectivity index (χ1) is 17.3. The minimum atomic E-state index is -0.791. The molecule has 1 atom stereocenters. The van der Waals surface area contributed by atoms with E-state index in [1.165, 1.54) is 6.26 Å². The largest absolute Gasteiger partial charge is 0.463 e. The van der Waals surface area contributed by atoms with Gasteiger partial charge in [-0.3, -0.25) is 14.6 Å². The average Bonchev–Trinajstić information content (AvgIpc) is 3.39. The number of nitrogens with zero attached hydrogens (tertiary/aromatic N) is 3. The number of hydrogen-bond acceptors (Lipinski definition) is 6. The van der Waals surface area contributed by atoms with Gasteiger partial charge in [0.2, 0.25) is 0 Å². The molecule has 1 aromatic heterocycles. The predicted octanol–water partition coefficient (Wildman–Crippen LogP) is 3.95. The molecule has 1 fully saturated rings. The van der Waals surface area contributed by atoms with E-state index in [2.05, 4.69) is 10.2 Å². The third kappa shape index (κ3) is 5.38. The van der Waals surface area contributed by atoms with E-state index >= 15 is 0 Å². The maximum Gasteiger partial charge on any atom is 0.338 e. The van der Waals surface area contributed by atoms with Gasteiger partial charge in [-0.2, -0.15) is 0 Å². The van der Waals surface area contributed by atoms with Gasteiger partial charge in [-0.15, -0.1) is 0 Å². The van der Waals surface area contributed by atoms with Gasteiger partial charge in [0, 0.05) is 55.0 Å². The number of nitrogens with one attached hydrogen (secondary N) is 1. The quantitative estimate of drug-likeness (QED) is 0.540. The summed E-state index contributed by atoms with van der Waals surface area (Å²) in [7, 11) is 0. The zero-order chi connectivity index (χ0) is 25.8. The number of amides is 3. The van der Waals surface area contributed by atoms with E-state index in [1.807, 2.05) is 6.92 Å². The molecule has 9 nitrogen and oxygen atoms in total. The molecule has 0 bridgehead atoms. The van der Waals surface area contributed by atoms with Crippen molar-refractivity contribution in [2.24, 2.45) is 0 Å². The number of benzene rings is 1. The Kier molecular flexibility index (Phi) is 8.23. The van der Waals surface area contributed by atoms with Crippen LogP contribution in [0.25, 0.3) is 0 Å². The van der Waals surface area contributed by atoms with Crippen LogP contribution in [0.3, 0.4) is 0 Å². The third-order valence-corrected chi connectivity index (χ3v) is 6.85. The van der Waals surface area contributed by atoms with E-state index in [4.69, 9.17) is 32.4 Å². The molecule has 2 aliphatic rings. The summed E-state index contributed by atoms with van der Waals surface area (Å²) in [6.07, 6.45) is 1.48. The highest BCUT2D eigenvalue weighted by molar-refractivity contribution is 6.35. The van der Waals surface area contributed by atoms with Crippen LogP contribution in [0.2, 0.25) is 10.0 Å². The fourth-order valence-corrected chi connectivity index (χ4v) is 5.02.